The summed E-state index contributed by atoms with van der Waals surface area (Å²) in [5.41, 5.74) is 1.68. The molecule has 112 valence electrons. The van der Waals surface area contributed by atoms with Crippen LogP contribution in [0.5, 0.6) is 0 Å². The van der Waals surface area contributed by atoms with Gasteiger partial charge in [0.2, 0.25) is 0 Å². The van der Waals surface area contributed by atoms with Gasteiger partial charge in [0.25, 0.3) is 0 Å². The second-order valence-corrected chi connectivity index (χ2v) is 6.70. The number of carbonyl (C=O) groups excluding carboxylic acids is 1. The van der Waals surface area contributed by atoms with Crippen LogP contribution < -0.4 is 0 Å². The number of aliphatic imine (C=N–C) groups is 1. The fourth-order valence-corrected chi connectivity index (χ4v) is 2.72. The number of aliphatic hydroxyl groups excluding tert-OH is 1. The largest absolute Gasteiger partial charge is 0.506 e. The zero-order valence-electron chi connectivity index (χ0n) is 13.2. The van der Waals surface area contributed by atoms with Gasteiger partial charge in [0, 0.05) is 18.0 Å². The molecule has 0 bridgehead atoms. The Hall–Kier alpha value is -1.90. The van der Waals surface area contributed by atoms with Crippen LogP contribution in [-0.2, 0) is 4.79 Å². The molecule has 0 aliphatic heterocycles. The third-order valence-corrected chi connectivity index (χ3v) is 3.55. The molecule has 1 N–H and O–H groups in total. The first-order valence-corrected chi connectivity index (χ1v) is 7.39. The molecule has 2 rings (SSSR count). The SMILES string of the molecule is CC(C)N=C1CC(C)(C)CC(=O)C1=C(O)c1ccccc1. The normalized spacial score (nSPS) is 22.7. The van der Waals surface area contributed by atoms with Crippen molar-refractivity contribution in [3.63, 3.8) is 0 Å². The molecule has 0 radical (unpaired) electrons. The van der Waals surface area contributed by atoms with Crippen LogP contribution in [0.15, 0.2) is 40.9 Å². The second-order valence-electron chi connectivity index (χ2n) is 6.70. The van der Waals surface area contributed by atoms with Gasteiger partial charge in [-0.15, -0.1) is 0 Å². The molecule has 0 heterocycles. The highest BCUT2D eigenvalue weighted by atomic mass is 16.3. The second kappa shape index (κ2) is 5.84. The minimum Gasteiger partial charge on any atom is -0.506 e. The number of hydrogen-bond acceptors (Lipinski definition) is 3. The standard InChI is InChI=1S/C18H23NO2/c1-12(2)19-14-10-18(3,4)11-15(20)16(14)17(21)13-8-6-5-7-9-13/h5-9,12,21H,10-11H2,1-4H3. The predicted octanol–water partition coefficient (Wildman–Crippen LogP) is 4.19. The van der Waals surface area contributed by atoms with E-state index in [-0.39, 0.29) is 23.0 Å². The quantitative estimate of drug-likeness (QED) is 0.654. The zero-order valence-corrected chi connectivity index (χ0v) is 13.2. The molecule has 1 aromatic rings. The van der Waals surface area contributed by atoms with Crippen LogP contribution in [0.3, 0.4) is 0 Å². The first-order valence-electron chi connectivity index (χ1n) is 7.39. The summed E-state index contributed by atoms with van der Waals surface area (Å²) in [5.74, 6) is 0.0301. The van der Waals surface area contributed by atoms with E-state index >= 15 is 0 Å². The average molecular weight is 285 g/mol. The number of hydrogen-bond donors (Lipinski definition) is 1. The van der Waals surface area contributed by atoms with Gasteiger partial charge in [-0.2, -0.15) is 0 Å². The molecule has 1 aliphatic rings. The number of carbonyl (C=O) groups is 1. The van der Waals surface area contributed by atoms with Crippen LogP contribution in [0.1, 0.15) is 46.1 Å². The van der Waals surface area contributed by atoms with E-state index in [1.165, 1.54) is 0 Å². The Kier molecular flexibility index (Phi) is 4.31. The number of ketones is 1. The van der Waals surface area contributed by atoms with E-state index in [0.29, 0.717) is 24.0 Å². The lowest BCUT2D eigenvalue weighted by Gasteiger charge is -2.31. The lowest BCUT2D eigenvalue weighted by Crippen LogP contribution is -2.33. The number of benzene rings is 1. The minimum absolute atomic E-state index is 0.0213. The molecule has 0 atom stereocenters. The van der Waals surface area contributed by atoms with Gasteiger partial charge < -0.3 is 5.11 Å². The molecule has 0 amide bonds. The Bertz CT molecular complexity index is 595. The van der Waals surface area contributed by atoms with Gasteiger partial charge in [-0.1, -0.05) is 44.2 Å². The van der Waals surface area contributed by atoms with E-state index in [0.717, 1.165) is 5.71 Å². The van der Waals surface area contributed by atoms with Crippen LogP contribution in [-0.4, -0.2) is 22.6 Å². The maximum Gasteiger partial charge on any atom is 0.168 e. The van der Waals surface area contributed by atoms with Gasteiger partial charge >= 0.3 is 0 Å². The number of rotatable bonds is 2. The number of Topliss-reactive ketones (excluding diaryl/α,β-unsaturated/α-hetero) is 1. The first-order chi connectivity index (χ1) is 9.80. The summed E-state index contributed by atoms with van der Waals surface area (Å²) >= 11 is 0. The predicted molar refractivity (Wildman–Crippen MR) is 86.6 cm³/mol. The Labute approximate surface area is 126 Å². The average Bonchev–Trinajstić information content (AvgIpc) is 2.36. The number of aliphatic hydroxyl groups is 1. The van der Waals surface area contributed by atoms with Crippen LogP contribution in [0.25, 0.3) is 5.76 Å². The molecular weight excluding hydrogens is 262 g/mol. The summed E-state index contributed by atoms with van der Waals surface area (Å²) in [6, 6.07) is 9.30. The van der Waals surface area contributed by atoms with E-state index in [4.69, 9.17) is 0 Å². The molecule has 0 aromatic heterocycles. The third-order valence-electron chi connectivity index (χ3n) is 3.55. The first kappa shape index (κ1) is 15.5. The van der Waals surface area contributed by atoms with Crippen molar-refractivity contribution < 1.29 is 9.90 Å². The Balaban J connectivity index is 2.55. The number of nitrogens with zero attached hydrogens (tertiary/aromatic N) is 1. The van der Waals surface area contributed by atoms with Crippen molar-refractivity contribution in [2.45, 2.75) is 46.6 Å². The molecule has 1 aromatic carbocycles. The van der Waals surface area contributed by atoms with Crippen molar-refractivity contribution in [1.82, 2.24) is 0 Å². The molecule has 3 heteroatoms. The Morgan fingerprint density at radius 1 is 1.19 bits per heavy atom. The van der Waals surface area contributed by atoms with Crippen molar-refractivity contribution in [1.29, 1.82) is 0 Å². The lowest BCUT2D eigenvalue weighted by atomic mass is 9.73. The molecule has 1 fully saturated rings. The van der Waals surface area contributed by atoms with Crippen LogP contribution in [0.2, 0.25) is 0 Å². The van der Waals surface area contributed by atoms with Crippen LogP contribution in [0.4, 0.5) is 0 Å². The summed E-state index contributed by atoms with van der Waals surface area (Å²) in [5, 5.41) is 10.5. The fraction of sp³-hybridized carbons (Fsp3) is 0.444. The van der Waals surface area contributed by atoms with Crippen molar-refractivity contribution in [3.05, 3.63) is 41.5 Å². The van der Waals surface area contributed by atoms with Crippen LogP contribution >= 0.6 is 0 Å². The van der Waals surface area contributed by atoms with Gasteiger partial charge in [-0.05, 0) is 25.7 Å². The van der Waals surface area contributed by atoms with Crippen molar-refractivity contribution in [2.24, 2.45) is 10.4 Å². The molecule has 3 nitrogen and oxygen atoms in total. The molecule has 0 spiro atoms. The van der Waals surface area contributed by atoms with Gasteiger partial charge in [-0.25, -0.2) is 0 Å². The van der Waals surface area contributed by atoms with Crippen molar-refractivity contribution >= 4 is 17.3 Å². The van der Waals surface area contributed by atoms with Crippen LogP contribution in [0, 0.1) is 5.41 Å². The summed E-state index contributed by atoms with van der Waals surface area (Å²) < 4.78 is 0. The molecule has 0 saturated heterocycles. The highest BCUT2D eigenvalue weighted by molar-refractivity contribution is 6.28. The zero-order chi connectivity index (χ0) is 15.6. The molecule has 1 saturated carbocycles. The summed E-state index contributed by atoms with van der Waals surface area (Å²) in [6.45, 7) is 8.10. The maximum atomic E-state index is 12.5. The van der Waals surface area contributed by atoms with Gasteiger partial charge in [0.15, 0.2) is 5.78 Å². The molecule has 0 unspecified atom stereocenters. The van der Waals surface area contributed by atoms with Crippen molar-refractivity contribution in [3.8, 4) is 0 Å². The van der Waals surface area contributed by atoms with Gasteiger partial charge in [0.05, 0.1) is 11.3 Å². The molecule has 21 heavy (non-hydrogen) atoms. The summed E-state index contributed by atoms with van der Waals surface area (Å²) in [7, 11) is 0. The Morgan fingerprint density at radius 2 is 1.81 bits per heavy atom. The topological polar surface area (TPSA) is 49.7 Å². The third kappa shape index (κ3) is 3.60. The number of allylic oxidation sites excluding steroid dienone is 1. The van der Waals surface area contributed by atoms with E-state index < -0.39 is 0 Å². The molecular formula is C18H23NO2. The van der Waals surface area contributed by atoms with E-state index in [1.54, 1.807) is 0 Å². The van der Waals surface area contributed by atoms with E-state index in [9.17, 15) is 9.90 Å². The minimum atomic E-state index is -0.106. The fourth-order valence-electron chi connectivity index (χ4n) is 2.72. The van der Waals surface area contributed by atoms with Crippen molar-refractivity contribution in [2.75, 3.05) is 0 Å². The monoisotopic (exact) mass is 285 g/mol. The van der Waals surface area contributed by atoms with E-state index in [1.807, 2.05) is 44.2 Å². The highest BCUT2D eigenvalue weighted by Crippen LogP contribution is 2.36. The summed E-state index contributed by atoms with van der Waals surface area (Å²) in [4.78, 5) is 17.1. The highest BCUT2D eigenvalue weighted by Gasteiger charge is 2.36. The van der Waals surface area contributed by atoms with Gasteiger partial charge in [0.1, 0.15) is 5.76 Å². The van der Waals surface area contributed by atoms with E-state index in [2.05, 4.69) is 18.8 Å². The maximum absolute atomic E-state index is 12.5. The molecule has 1 aliphatic carbocycles. The lowest BCUT2D eigenvalue weighted by molar-refractivity contribution is -0.117. The summed E-state index contributed by atoms with van der Waals surface area (Å²) in [6.07, 6.45) is 1.15. The van der Waals surface area contributed by atoms with Gasteiger partial charge in [-0.3, -0.25) is 9.79 Å². The Morgan fingerprint density at radius 3 is 2.38 bits per heavy atom. The smallest absolute Gasteiger partial charge is 0.168 e.